The largest absolute Gasteiger partial charge is 0.573 e. The van der Waals surface area contributed by atoms with Gasteiger partial charge in [0.1, 0.15) is 17.5 Å². The maximum atomic E-state index is 12.5. The second-order valence-corrected chi connectivity index (χ2v) is 6.45. The van der Waals surface area contributed by atoms with Gasteiger partial charge in [0.15, 0.2) is 6.61 Å². The van der Waals surface area contributed by atoms with Gasteiger partial charge in [0.2, 0.25) is 5.91 Å². The third kappa shape index (κ3) is 7.73. The van der Waals surface area contributed by atoms with Crippen molar-refractivity contribution < 1.29 is 32.2 Å². The molecule has 6 nitrogen and oxygen atoms in total. The smallest absolute Gasteiger partial charge is 0.484 e. The van der Waals surface area contributed by atoms with Gasteiger partial charge in [-0.05, 0) is 42.3 Å². The summed E-state index contributed by atoms with van der Waals surface area (Å²) in [6.07, 6.45) is -4.79. The number of amides is 2. The van der Waals surface area contributed by atoms with Crippen LogP contribution in [0.25, 0.3) is 0 Å². The zero-order valence-corrected chi connectivity index (χ0v) is 15.8. The standard InChI is InChI=1S/C20H21F3N2O4/c1-13(2)18(25-17(26)12-28-15-6-4-3-5-7-15)19(27)24-14-8-10-16(11-9-14)29-20(21,22)23/h3-11,13,18H,12H2,1-2H3,(H,24,27)(H,25,26). The van der Waals surface area contributed by atoms with Gasteiger partial charge in [-0.15, -0.1) is 13.2 Å². The molecule has 1 unspecified atom stereocenters. The summed E-state index contributed by atoms with van der Waals surface area (Å²) in [5.41, 5.74) is 0.268. The highest BCUT2D eigenvalue weighted by Crippen LogP contribution is 2.24. The number of hydrogen-bond donors (Lipinski definition) is 2. The van der Waals surface area contributed by atoms with E-state index in [0.29, 0.717) is 5.75 Å². The van der Waals surface area contributed by atoms with Crippen LogP contribution in [0.4, 0.5) is 18.9 Å². The molecule has 0 bridgehead atoms. The molecule has 0 heterocycles. The first-order valence-corrected chi connectivity index (χ1v) is 8.78. The molecule has 2 aromatic rings. The molecule has 2 rings (SSSR count). The van der Waals surface area contributed by atoms with Gasteiger partial charge in [-0.1, -0.05) is 32.0 Å². The van der Waals surface area contributed by atoms with E-state index in [9.17, 15) is 22.8 Å². The summed E-state index contributed by atoms with van der Waals surface area (Å²) < 4.78 is 45.7. The maximum absolute atomic E-state index is 12.5. The van der Waals surface area contributed by atoms with Gasteiger partial charge in [-0.25, -0.2) is 0 Å². The van der Waals surface area contributed by atoms with Crippen LogP contribution in [0.3, 0.4) is 0 Å². The van der Waals surface area contributed by atoms with Crippen molar-refractivity contribution in [2.75, 3.05) is 11.9 Å². The molecule has 0 aromatic heterocycles. The highest BCUT2D eigenvalue weighted by Gasteiger charge is 2.31. The molecule has 0 aliphatic heterocycles. The number of anilines is 1. The second kappa shape index (κ2) is 9.81. The fourth-order valence-electron chi connectivity index (χ4n) is 2.38. The second-order valence-electron chi connectivity index (χ2n) is 6.45. The Kier molecular flexibility index (Phi) is 7.46. The lowest BCUT2D eigenvalue weighted by Gasteiger charge is -2.22. The Bertz CT molecular complexity index is 809. The van der Waals surface area contributed by atoms with E-state index in [0.717, 1.165) is 12.1 Å². The van der Waals surface area contributed by atoms with Crippen molar-refractivity contribution in [3.63, 3.8) is 0 Å². The highest BCUT2D eigenvalue weighted by atomic mass is 19.4. The number of carbonyl (C=O) groups is 2. The van der Waals surface area contributed by atoms with E-state index in [4.69, 9.17) is 4.74 Å². The number of para-hydroxylation sites is 1. The molecule has 0 fully saturated rings. The predicted molar refractivity (Wildman–Crippen MR) is 100 cm³/mol. The van der Waals surface area contributed by atoms with Crippen LogP contribution in [0.15, 0.2) is 54.6 Å². The SMILES string of the molecule is CC(C)C(NC(=O)COc1ccccc1)C(=O)Nc1ccc(OC(F)(F)F)cc1. The summed E-state index contributed by atoms with van der Waals surface area (Å²) in [7, 11) is 0. The summed E-state index contributed by atoms with van der Waals surface area (Å²) >= 11 is 0. The Morgan fingerprint density at radius 3 is 2.14 bits per heavy atom. The van der Waals surface area contributed by atoms with Crippen LogP contribution in [0.5, 0.6) is 11.5 Å². The molecule has 2 amide bonds. The van der Waals surface area contributed by atoms with E-state index in [2.05, 4.69) is 15.4 Å². The Labute approximate surface area is 166 Å². The molecular weight excluding hydrogens is 389 g/mol. The summed E-state index contributed by atoms with van der Waals surface area (Å²) in [6.45, 7) is 3.25. The molecule has 0 saturated heterocycles. The van der Waals surface area contributed by atoms with Crippen LogP contribution >= 0.6 is 0 Å². The van der Waals surface area contributed by atoms with Crippen molar-refractivity contribution in [2.24, 2.45) is 5.92 Å². The topological polar surface area (TPSA) is 76.7 Å². The van der Waals surface area contributed by atoms with E-state index in [1.54, 1.807) is 38.1 Å². The molecule has 2 N–H and O–H groups in total. The summed E-state index contributed by atoms with van der Waals surface area (Å²) in [4.78, 5) is 24.6. The highest BCUT2D eigenvalue weighted by molar-refractivity contribution is 5.97. The average molecular weight is 410 g/mol. The van der Waals surface area contributed by atoms with Gasteiger partial charge in [0.05, 0.1) is 0 Å². The Hall–Kier alpha value is -3.23. The van der Waals surface area contributed by atoms with Gasteiger partial charge < -0.3 is 20.1 Å². The number of rotatable bonds is 8. The minimum absolute atomic E-state index is 0.233. The van der Waals surface area contributed by atoms with Gasteiger partial charge in [-0.2, -0.15) is 0 Å². The predicted octanol–water partition coefficient (Wildman–Crippen LogP) is 3.74. The van der Waals surface area contributed by atoms with Crippen molar-refractivity contribution in [3.05, 3.63) is 54.6 Å². The van der Waals surface area contributed by atoms with Crippen molar-refractivity contribution in [3.8, 4) is 11.5 Å². The van der Waals surface area contributed by atoms with Crippen LogP contribution < -0.4 is 20.1 Å². The number of hydrogen-bond acceptors (Lipinski definition) is 4. The average Bonchev–Trinajstić information content (AvgIpc) is 2.65. The van der Waals surface area contributed by atoms with E-state index < -0.39 is 30.0 Å². The Balaban J connectivity index is 1.92. The van der Waals surface area contributed by atoms with Crippen molar-refractivity contribution in [2.45, 2.75) is 26.3 Å². The first-order chi connectivity index (χ1) is 13.6. The van der Waals surface area contributed by atoms with Crippen LogP contribution in [-0.2, 0) is 9.59 Å². The monoisotopic (exact) mass is 410 g/mol. The molecule has 2 aromatic carbocycles. The first-order valence-electron chi connectivity index (χ1n) is 8.78. The molecule has 0 aliphatic rings. The number of nitrogens with one attached hydrogen (secondary N) is 2. The summed E-state index contributed by atoms with van der Waals surface area (Å²) in [6, 6.07) is 12.6. The molecule has 156 valence electrons. The third-order valence-corrected chi connectivity index (χ3v) is 3.73. The Morgan fingerprint density at radius 1 is 0.966 bits per heavy atom. The number of halogens is 3. The van der Waals surface area contributed by atoms with Crippen LogP contribution in [0.1, 0.15) is 13.8 Å². The molecule has 0 spiro atoms. The lowest BCUT2D eigenvalue weighted by molar-refractivity contribution is -0.274. The zero-order chi connectivity index (χ0) is 21.4. The lowest BCUT2D eigenvalue weighted by Crippen LogP contribution is -2.48. The maximum Gasteiger partial charge on any atom is 0.573 e. The van der Waals surface area contributed by atoms with E-state index in [1.165, 1.54) is 12.1 Å². The molecule has 0 saturated carbocycles. The zero-order valence-electron chi connectivity index (χ0n) is 15.8. The third-order valence-electron chi connectivity index (χ3n) is 3.73. The normalized spacial score (nSPS) is 12.2. The fourth-order valence-corrected chi connectivity index (χ4v) is 2.38. The van der Waals surface area contributed by atoms with Gasteiger partial charge in [0.25, 0.3) is 5.91 Å². The van der Waals surface area contributed by atoms with Crippen molar-refractivity contribution >= 4 is 17.5 Å². The summed E-state index contributed by atoms with van der Waals surface area (Å²) in [5.74, 6) is -1.09. The molecule has 0 aliphatic carbocycles. The van der Waals surface area contributed by atoms with E-state index >= 15 is 0 Å². The van der Waals surface area contributed by atoms with Crippen LogP contribution in [-0.4, -0.2) is 30.8 Å². The molecule has 1 atom stereocenters. The fraction of sp³-hybridized carbons (Fsp3) is 0.300. The number of carbonyl (C=O) groups excluding carboxylic acids is 2. The number of ether oxygens (including phenoxy) is 2. The van der Waals surface area contributed by atoms with Crippen LogP contribution in [0.2, 0.25) is 0 Å². The van der Waals surface area contributed by atoms with Crippen molar-refractivity contribution in [1.29, 1.82) is 0 Å². The van der Waals surface area contributed by atoms with E-state index in [-0.39, 0.29) is 18.2 Å². The number of benzene rings is 2. The van der Waals surface area contributed by atoms with Gasteiger partial charge in [0, 0.05) is 5.69 Å². The van der Waals surface area contributed by atoms with Gasteiger partial charge in [-0.3, -0.25) is 9.59 Å². The first kappa shape index (κ1) is 22.1. The molecule has 0 radical (unpaired) electrons. The minimum Gasteiger partial charge on any atom is -0.484 e. The van der Waals surface area contributed by atoms with E-state index in [1.807, 2.05) is 6.07 Å². The number of alkyl halides is 3. The summed E-state index contributed by atoms with van der Waals surface area (Å²) in [5, 5.41) is 5.16. The molecular formula is C20H21F3N2O4. The molecule has 9 heteroatoms. The molecule has 29 heavy (non-hydrogen) atoms. The Morgan fingerprint density at radius 2 is 1.59 bits per heavy atom. The quantitative estimate of drug-likeness (QED) is 0.695. The minimum atomic E-state index is -4.79. The lowest BCUT2D eigenvalue weighted by atomic mass is 10.0. The van der Waals surface area contributed by atoms with Crippen LogP contribution in [0, 0.1) is 5.92 Å². The van der Waals surface area contributed by atoms with Gasteiger partial charge >= 0.3 is 6.36 Å². The van der Waals surface area contributed by atoms with Crippen molar-refractivity contribution in [1.82, 2.24) is 5.32 Å².